The van der Waals surface area contributed by atoms with Gasteiger partial charge in [-0.1, -0.05) is 403 Å². The highest BCUT2D eigenvalue weighted by molar-refractivity contribution is 5.45. The lowest BCUT2D eigenvalue weighted by molar-refractivity contribution is 0.631. The molecule has 0 spiro atoms. The molecule has 0 unspecified atom stereocenters. The molecular formula is C144H234. The molecule has 0 nitrogen and oxygen atoms in total. The molecule has 0 N–H and O–H groups in total. The van der Waals surface area contributed by atoms with Crippen molar-refractivity contribution < 1.29 is 0 Å². The molecule has 0 aliphatic heterocycles. The number of hydrogen-bond donors (Lipinski definition) is 0. The topological polar surface area (TPSA) is 0 Å². The van der Waals surface area contributed by atoms with E-state index in [0.717, 1.165) is 0 Å². The molecule has 0 heterocycles. The Morgan fingerprint density at radius 1 is 0.104 bits per heavy atom. The highest BCUT2D eigenvalue weighted by atomic mass is 14.2. The highest BCUT2D eigenvalue weighted by Crippen LogP contribution is 2.29. The van der Waals surface area contributed by atoms with Gasteiger partial charge in [0.2, 0.25) is 0 Å². The molecule has 0 heteroatoms. The zero-order valence-corrected chi connectivity index (χ0v) is 103. The molecule has 0 bridgehead atoms. The first kappa shape index (κ1) is 135. The minimum absolute atomic E-state index is 1.26. The monoisotopic (exact) mass is 1960 g/mol. The van der Waals surface area contributed by atoms with E-state index in [4.69, 9.17) is 0 Å². The van der Waals surface area contributed by atoms with Crippen LogP contribution in [0.4, 0.5) is 0 Å². The third kappa shape index (κ3) is 58.8. The van der Waals surface area contributed by atoms with Crippen LogP contribution in [0.15, 0.2) is 109 Å². The van der Waals surface area contributed by atoms with Crippen LogP contribution in [0.5, 0.6) is 0 Å². The van der Waals surface area contributed by atoms with Gasteiger partial charge in [-0.3, -0.25) is 0 Å². The smallest absolute Gasteiger partial charge is 0.0276 e. The van der Waals surface area contributed by atoms with Crippen LogP contribution in [-0.2, 0) is 57.8 Å². The van der Waals surface area contributed by atoms with Gasteiger partial charge in [-0.05, 0) is 503 Å². The average Bonchev–Trinajstić information content (AvgIpc) is 0.840. The molecule has 0 fully saturated rings. The summed E-state index contributed by atoms with van der Waals surface area (Å²) in [5, 5.41) is 0. The van der Waals surface area contributed by atoms with E-state index in [0.29, 0.717) is 0 Å². The lowest BCUT2D eigenvalue weighted by Gasteiger charge is -2.11. The van der Waals surface area contributed by atoms with Gasteiger partial charge in [0.05, 0.1) is 0 Å². The Hall–Kier alpha value is -7.02. The van der Waals surface area contributed by atoms with Crippen LogP contribution in [0.1, 0.15) is 552 Å². The molecule has 9 aromatic carbocycles. The van der Waals surface area contributed by atoms with Gasteiger partial charge in [0.25, 0.3) is 0 Å². The van der Waals surface area contributed by atoms with Crippen molar-refractivity contribution in [3.63, 3.8) is 0 Å². The number of unbranched alkanes of at least 4 members (excludes halogenated alkanes) is 36. The van der Waals surface area contributed by atoms with Crippen molar-refractivity contribution in [1.29, 1.82) is 0 Å². The number of benzene rings is 9. The summed E-state index contributed by atoms with van der Waals surface area (Å²) in [5.41, 5.74) is 53.2. The van der Waals surface area contributed by atoms with Gasteiger partial charge < -0.3 is 0 Å². The average molecular weight is 1970 g/mol. The molecule has 144 heavy (non-hydrogen) atoms. The summed E-state index contributed by atoms with van der Waals surface area (Å²) in [6.07, 6.45) is 73.2. The van der Waals surface area contributed by atoms with Crippen LogP contribution >= 0.6 is 0 Å². The molecule has 9 rings (SSSR count). The van der Waals surface area contributed by atoms with Gasteiger partial charge in [-0.2, -0.15) is 0 Å². The molecule has 0 atom stereocenters. The first-order chi connectivity index (χ1) is 68.9. The van der Waals surface area contributed by atoms with Crippen molar-refractivity contribution in [2.45, 2.75) is 596 Å². The van der Waals surface area contributed by atoms with Crippen molar-refractivity contribution in [3.05, 3.63) is 309 Å². The second-order valence-electron chi connectivity index (χ2n) is 45.0. The fraction of sp³-hybridized carbons (Fsp3) is 0.625. The number of hydrogen-bond acceptors (Lipinski definition) is 0. The molecule has 0 radical (unpaired) electrons. The van der Waals surface area contributed by atoms with Gasteiger partial charge in [0.1, 0.15) is 0 Å². The molecule has 0 amide bonds. The molecular weight excluding hydrogens is 1730 g/mol. The quantitative estimate of drug-likeness (QED) is 0.0333. The predicted molar refractivity (Wildman–Crippen MR) is 658 cm³/mol. The number of aryl methyl sites for hydroxylation is 27. The Morgan fingerprint density at radius 2 is 0.250 bits per heavy atom. The predicted octanol–water partition coefficient (Wildman–Crippen LogP) is 46.1. The van der Waals surface area contributed by atoms with Crippen LogP contribution in [0.2, 0.25) is 0 Å². The van der Waals surface area contributed by atoms with Crippen molar-refractivity contribution in [2.75, 3.05) is 0 Å². The largest absolute Gasteiger partial charge is 0.0654 e. The van der Waals surface area contributed by atoms with Gasteiger partial charge in [-0.25, -0.2) is 0 Å². The fourth-order valence-corrected chi connectivity index (χ4v) is 19.8. The van der Waals surface area contributed by atoms with E-state index < -0.39 is 0 Å². The Balaban J connectivity index is 0.000000810. The molecule has 0 aliphatic carbocycles. The Labute approximate surface area is 899 Å². The van der Waals surface area contributed by atoms with E-state index in [1.165, 1.54) is 514 Å². The summed E-state index contributed by atoms with van der Waals surface area (Å²) >= 11 is 0. The van der Waals surface area contributed by atoms with Crippen molar-refractivity contribution >= 4 is 0 Å². The maximum Gasteiger partial charge on any atom is -0.0276 e. The standard InChI is InChI=1S/9C16H26/c3*1-5-6-7-8-9-10-16-11-13(2)15(4)14(3)12-16;3*1-5-6-7-8-9-10-16-12-14(3)13(2)11-15(16)4;3*1-5-6-7-8-9-10-16-12-11-13(2)14(3)15(16)4/h9*11-12H,5-10H2,1-4H3. The second kappa shape index (κ2) is 82.8. The van der Waals surface area contributed by atoms with Crippen LogP contribution in [0.3, 0.4) is 0 Å². The van der Waals surface area contributed by atoms with E-state index in [9.17, 15) is 0 Å². The first-order valence-corrected chi connectivity index (χ1v) is 60.5. The summed E-state index contributed by atoms with van der Waals surface area (Å²) in [7, 11) is 0. The minimum Gasteiger partial charge on any atom is -0.0654 e. The molecule has 0 aromatic heterocycles. The van der Waals surface area contributed by atoms with Crippen molar-refractivity contribution in [3.8, 4) is 0 Å². The van der Waals surface area contributed by atoms with Gasteiger partial charge in [-0.15, -0.1) is 0 Å². The zero-order valence-electron chi connectivity index (χ0n) is 103. The third-order valence-electron chi connectivity index (χ3n) is 32.3. The fourth-order valence-electron chi connectivity index (χ4n) is 19.8. The van der Waals surface area contributed by atoms with E-state index in [2.05, 4.69) is 358 Å². The summed E-state index contributed by atoms with van der Waals surface area (Å²) in [5.74, 6) is 0. The van der Waals surface area contributed by atoms with Crippen LogP contribution in [0.25, 0.3) is 0 Å². The van der Waals surface area contributed by atoms with E-state index in [1.807, 2.05) is 0 Å². The van der Waals surface area contributed by atoms with Crippen LogP contribution in [0, 0.1) is 187 Å². The molecule has 0 saturated heterocycles. The SMILES string of the molecule is CCCCCCCc1cc(C)c(C)c(C)c1.CCCCCCCc1cc(C)c(C)c(C)c1.CCCCCCCc1cc(C)c(C)c(C)c1.CCCCCCCc1cc(C)c(C)cc1C.CCCCCCCc1cc(C)c(C)cc1C.CCCCCCCc1cc(C)c(C)cc1C.CCCCCCCc1ccc(C)c(C)c1C.CCCCCCCc1ccc(C)c(C)c1C.CCCCCCCc1ccc(C)c(C)c1C. The van der Waals surface area contributed by atoms with E-state index in [-0.39, 0.29) is 0 Å². The maximum absolute atomic E-state index is 2.38. The van der Waals surface area contributed by atoms with E-state index >= 15 is 0 Å². The summed E-state index contributed by atoms with van der Waals surface area (Å²) in [6.45, 7) is 80.6. The highest BCUT2D eigenvalue weighted by Gasteiger charge is 2.12. The third-order valence-corrected chi connectivity index (χ3v) is 32.3. The Bertz CT molecular complexity index is 4250. The lowest BCUT2D eigenvalue weighted by atomic mass is 9.95. The van der Waals surface area contributed by atoms with Gasteiger partial charge in [0, 0.05) is 0 Å². The molecule has 0 saturated carbocycles. The normalized spacial score (nSPS) is 10.8. The second-order valence-corrected chi connectivity index (χ2v) is 45.0. The van der Waals surface area contributed by atoms with Crippen molar-refractivity contribution in [1.82, 2.24) is 0 Å². The summed E-state index contributed by atoms with van der Waals surface area (Å²) < 4.78 is 0. The van der Waals surface area contributed by atoms with E-state index in [1.54, 1.807) is 33.4 Å². The van der Waals surface area contributed by atoms with Crippen LogP contribution in [-0.4, -0.2) is 0 Å². The number of rotatable bonds is 54. The lowest BCUT2D eigenvalue weighted by Crippen LogP contribution is -1.95. The first-order valence-electron chi connectivity index (χ1n) is 60.5. The molecule has 810 valence electrons. The van der Waals surface area contributed by atoms with Gasteiger partial charge in [0.15, 0.2) is 0 Å². The Morgan fingerprint density at radius 3 is 0.417 bits per heavy atom. The molecule has 0 aliphatic rings. The van der Waals surface area contributed by atoms with Gasteiger partial charge >= 0.3 is 0 Å². The Kier molecular flexibility index (Phi) is 77.6. The summed E-state index contributed by atoms with van der Waals surface area (Å²) in [4.78, 5) is 0. The van der Waals surface area contributed by atoms with Crippen molar-refractivity contribution in [2.24, 2.45) is 0 Å². The minimum atomic E-state index is 1.26. The van der Waals surface area contributed by atoms with Crippen LogP contribution < -0.4 is 0 Å². The molecule has 9 aromatic rings. The maximum atomic E-state index is 2.38. The zero-order chi connectivity index (χ0) is 108. The summed E-state index contributed by atoms with van der Waals surface area (Å²) in [6, 6.07) is 42.1.